The van der Waals surface area contributed by atoms with Crippen LogP contribution in [-0.2, 0) is 6.54 Å². The molecule has 1 N–H and O–H groups in total. The van der Waals surface area contributed by atoms with E-state index in [1.165, 1.54) is 25.7 Å². The third-order valence-corrected chi connectivity index (χ3v) is 5.44. The Morgan fingerprint density at radius 2 is 2.00 bits per heavy atom. The molecule has 0 saturated heterocycles. The van der Waals surface area contributed by atoms with Gasteiger partial charge in [-0.2, -0.15) is 0 Å². The van der Waals surface area contributed by atoms with E-state index in [1.54, 1.807) is 6.07 Å². The van der Waals surface area contributed by atoms with E-state index in [9.17, 15) is 5.11 Å². The predicted octanol–water partition coefficient (Wildman–Crippen LogP) is 2.99. The topological polar surface area (TPSA) is 41.9 Å². The highest BCUT2D eigenvalue weighted by Gasteiger charge is 2.39. The van der Waals surface area contributed by atoms with Gasteiger partial charge in [-0.15, -0.1) is 0 Å². The zero-order valence-corrected chi connectivity index (χ0v) is 12.5. The van der Waals surface area contributed by atoms with Crippen molar-refractivity contribution in [3.8, 4) is 17.2 Å². The Bertz CT molecular complexity index is 545. The lowest BCUT2D eigenvalue weighted by Gasteiger charge is -2.27. The fraction of sp³-hybridized carbons (Fsp3) is 0.647. The summed E-state index contributed by atoms with van der Waals surface area (Å²) < 4.78 is 10.7. The van der Waals surface area contributed by atoms with Crippen molar-refractivity contribution in [2.45, 2.75) is 32.2 Å². The smallest absolute Gasteiger partial charge is 0.231 e. The van der Waals surface area contributed by atoms with Crippen LogP contribution in [0.1, 0.15) is 31.2 Å². The summed E-state index contributed by atoms with van der Waals surface area (Å²) in [5.74, 6) is 4.49. The second-order valence-corrected chi connectivity index (χ2v) is 6.97. The summed E-state index contributed by atoms with van der Waals surface area (Å²) in [6.07, 6.45) is 5.74. The Balaban J connectivity index is 1.41. The first-order valence-electron chi connectivity index (χ1n) is 7.99. The van der Waals surface area contributed by atoms with Crippen molar-refractivity contribution in [2.75, 3.05) is 20.4 Å². The fourth-order valence-electron chi connectivity index (χ4n) is 4.46. The summed E-state index contributed by atoms with van der Waals surface area (Å²) in [6, 6.07) is 3.58. The molecule has 0 spiro atoms. The molecular weight excluding hydrogens is 266 g/mol. The number of aromatic hydroxyl groups is 1. The summed E-state index contributed by atoms with van der Waals surface area (Å²) in [4.78, 5) is 2.34. The molecule has 4 heteroatoms. The number of ether oxygens (including phenoxy) is 2. The molecule has 1 aromatic carbocycles. The molecule has 2 bridgehead atoms. The quantitative estimate of drug-likeness (QED) is 0.925. The fourth-order valence-corrected chi connectivity index (χ4v) is 4.46. The van der Waals surface area contributed by atoms with E-state index in [1.807, 2.05) is 6.07 Å². The molecule has 3 unspecified atom stereocenters. The lowest BCUT2D eigenvalue weighted by Crippen LogP contribution is -2.28. The van der Waals surface area contributed by atoms with Gasteiger partial charge < -0.3 is 19.5 Å². The molecule has 2 aliphatic carbocycles. The van der Waals surface area contributed by atoms with Crippen molar-refractivity contribution in [1.82, 2.24) is 4.90 Å². The number of hydrogen-bond acceptors (Lipinski definition) is 4. The molecule has 21 heavy (non-hydrogen) atoms. The number of fused-ring (bicyclic) bond motifs is 3. The maximum absolute atomic E-state index is 10.1. The summed E-state index contributed by atoms with van der Waals surface area (Å²) in [7, 11) is 2.15. The predicted molar refractivity (Wildman–Crippen MR) is 79.5 cm³/mol. The standard InChI is InChI=1S/C17H23NO3/c1-18(8-13-5-11-2-3-12(13)4-11)9-14-6-16-17(7-15(14)19)21-10-20-16/h6-7,11-13,19H,2-5,8-10H2,1H3. The van der Waals surface area contributed by atoms with Gasteiger partial charge in [0, 0.05) is 24.7 Å². The maximum Gasteiger partial charge on any atom is 0.231 e. The molecule has 1 aliphatic heterocycles. The number of hydrogen-bond donors (Lipinski definition) is 1. The highest BCUT2D eigenvalue weighted by molar-refractivity contribution is 5.51. The van der Waals surface area contributed by atoms with E-state index in [4.69, 9.17) is 9.47 Å². The van der Waals surface area contributed by atoms with Gasteiger partial charge in [0.15, 0.2) is 11.5 Å². The third kappa shape index (κ3) is 2.46. The van der Waals surface area contributed by atoms with Gasteiger partial charge in [-0.05, 0) is 50.1 Å². The van der Waals surface area contributed by atoms with E-state index in [-0.39, 0.29) is 6.79 Å². The first kappa shape index (κ1) is 13.3. The lowest BCUT2D eigenvalue weighted by atomic mass is 9.88. The second kappa shape index (κ2) is 5.09. The monoisotopic (exact) mass is 289 g/mol. The summed E-state index contributed by atoms with van der Waals surface area (Å²) in [5, 5.41) is 10.1. The Hall–Kier alpha value is -1.42. The van der Waals surface area contributed by atoms with Crippen molar-refractivity contribution < 1.29 is 14.6 Å². The molecule has 2 saturated carbocycles. The summed E-state index contributed by atoms with van der Waals surface area (Å²) in [6.45, 7) is 2.14. The van der Waals surface area contributed by atoms with Gasteiger partial charge in [-0.25, -0.2) is 0 Å². The molecule has 0 aromatic heterocycles. The minimum absolute atomic E-state index is 0.249. The highest BCUT2D eigenvalue weighted by atomic mass is 16.7. The lowest BCUT2D eigenvalue weighted by molar-refractivity contribution is 0.173. The van der Waals surface area contributed by atoms with Crippen LogP contribution in [-0.4, -0.2) is 30.4 Å². The van der Waals surface area contributed by atoms with Crippen LogP contribution in [0.2, 0.25) is 0 Å². The number of benzene rings is 1. The molecule has 114 valence electrons. The number of phenols is 1. The zero-order chi connectivity index (χ0) is 14.4. The Morgan fingerprint density at radius 3 is 2.71 bits per heavy atom. The number of rotatable bonds is 4. The molecule has 0 radical (unpaired) electrons. The Labute approximate surface area is 125 Å². The molecule has 4 rings (SSSR count). The average molecular weight is 289 g/mol. The van der Waals surface area contributed by atoms with Crippen LogP contribution in [0.25, 0.3) is 0 Å². The van der Waals surface area contributed by atoms with E-state index in [0.29, 0.717) is 11.5 Å². The van der Waals surface area contributed by atoms with Gasteiger partial charge in [0.25, 0.3) is 0 Å². The largest absolute Gasteiger partial charge is 0.507 e. The first-order chi connectivity index (χ1) is 10.2. The van der Waals surface area contributed by atoms with Gasteiger partial charge in [0.05, 0.1) is 0 Å². The van der Waals surface area contributed by atoms with E-state index in [0.717, 1.165) is 42.2 Å². The average Bonchev–Trinajstić information content (AvgIpc) is 3.14. The van der Waals surface area contributed by atoms with Crippen molar-refractivity contribution in [3.05, 3.63) is 17.7 Å². The van der Waals surface area contributed by atoms with Crippen LogP contribution < -0.4 is 9.47 Å². The van der Waals surface area contributed by atoms with Crippen LogP contribution in [0.5, 0.6) is 17.2 Å². The minimum atomic E-state index is 0.249. The van der Waals surface area contributed by atoms with Crippen LogP contribution in [0.4, 0.5) is 0 Å². The first-order valence-corrected chi connectivity index (χ1v) is 7.99. The van der Waals surface area contributed by atoms with Gasteiger partial charge in [-0.1, -0.05) is 6.42 Å². The molecule has 0 amide bonds. The molecule has 4 nitrogen and oxygen atoms in total. The Morgan fingerprint density at radius 1 is 1.19 bits per heavy atom. The zero-order valence-electron chi connectivity index (χ0n) is 12.5. The van der Waals surface area contributed by atoms with Gasteiger partial charge in [0.2, 0.25) is 6.79 Å². The highest BCUT2D eigenvalue weighted by Crippen LogP contribution is 2.48. The van der Waals surface area contributed by atoms with E-state index >= 15 is 0 Å². The number of nitrogens with zero attached hydrogens (tertiary/aromatic N) is 1. The van der Waals surface area contributed by atoms with E-state index < -0.39 is 0 Å². The summed E-state index contributed by atoms with van der Waals surface area (Å²) in [5.41, 5.74) is 0.921. The van der Waals surface area contributed by atoms with E-state index in [2.05, 4.69) is 11.9 Å². The van der Waals surface area contributed by atoms with Crippen molar-refractivity contribution in [1.29, 1.82) is 0 Å². The van der Waals surface area contributed by atoms with Gasteiger partial charge in [-0.3, -0.25) is 0 Å². The molecular formula is C17H23NO3. The van der Waals surface area contributed by atoms with Crippen molar-refractivity contribution >= 4 is 0 Å². The number of phenolic OH excluding ortho intramolecular Hbond substituents is 1. The SMILES string of the molecule is CN(Cc1cc2c(cc1O)OCO2)CC1CC2CCC1C2. The Kier molecular flexibility index (Phi) is 3.21. The minimum Gasteiger partial charge on any atom is -0.507 e. The molecule has 1 heterocycles. The molecule has 3 aliphatic rings. The molecule has 1 aromatic rings. The van der Waals surface area contributed by atoms with Gasteiger partial charge in [0.1, 0.15) is 5.75 Å². The van der Waals surface area contributed by atoms with Crippen molar-refractivity contribution in [3.63, 3.8) is 0 Å². The van der Waals surface area contributed by atoms with Crippen LogP contribution in [0.15, 0.2) is 12.1 Å². The second-order valence-electron chi connectivity index (χ2n) is 6.97. The van der Waals surface area contributed by atoms with Gasteiger partial charge >= 0.3 is 0 Å². The summed E-state index contributed by atoms with van der Waals surface area (Å²) >= 11 is 0. The molecule has 2 fully saturated rings. The maximum atomic E-state index is 10.1. The normalized spacial score (nSPS) is 29.5. The van der Waals surface area contributed by atoms with Crippen LogP contribution in [0.3, 0.4) is 0 Å². The van der Waals surface area contributed by atoms with Crippen LogP contribution in [0, 0.1) is 17.8 Å². The third-order valence-electron chi connectivity index (χ3n) is 5.44. The van der Waals surface area contributed by atoms with Crippen molar-refractivity contribution in [2.24, 2.45) is 17.8 Å². The van der Waals surface area contributed by atoms with Crippen LogP contribution >= 0.6 is 0 Å². The molecule has 3 atom stereocenters.